The molecule has 0 N–H and O–H groups in total. The van der Waals surface area contributed by atoms with E-state index in [1.54, 1.807) is 7.11 Å². The van der Waals surface area contributed by atoms with Crippen LogP contribution in [-0.2, 0) is 15.4 Å². The standard InChI is InChI=1S/C13H18Cl2O3/c1-16-7-8-17-5-2-6-18-13-4-3-11(10-14)9-12(13)15/h3-4,9H,2,5-8,10H2,1H3. The second-order valence-corrected chi connectivity index (χ2v) is 4.38. The summed E-state index contributed by atoms with van der Waals surface area (Å²) in [4.78, 5) is 0. The van der Waals surface area contributed by atoms with Gasteiger partial charge in [-0.25, -0.2) is 0 Å². The molecule has 0 aromatic heterocycles. The normalized spacial score (nSPS) is 10.6. The second kappa shape index (κ2) is 9.45. The molecule has 0 spiro atoms. The summed E-state index contributed by atoms with van der Waals surface area (Å²) in [7, 11) is 1.65. The highest BCUT2D eigenvalue weighted by atomic mass is 35.5. The van der Waals surface area contributed by atoms with Crippen molar-refractivity contribution in [3.05, 3.63) is 28.8 Å². The molecule has 1 aromatic rings. The molecule has 1 aromatic carbocycles. The summed E-state index contributed by atoms with van der Waals surface area (Å²) >= 11 is 11.8. The van der Waals surface area contributed by atoms with E-state index in [0.29, 0.717) is 43.1 Å². The van der Waals surface area contributed by atoms with Crippen molar-refractivity contribution in [2.45, 2.75) is 12.3 Å². The molecule has 0 unspecified atom stereocenters. The molecule has 0 heterocycles. The largest absolute Gasteiger partial charge is 0.492 e. The van der Waals surface area contributed by atoms with Crippen LogP contribution < -0.4 is 4.74 Å². The first kappa shape index (κ1) is 15.6. The molecule has 18 heavy (non-hydrogen) atoms. The van der Waals surface area contributed by atoms with Crippen molar-refractivity contribution >= 4 is 23.2 Å². The summed E-state index contributed by atoms with van der Waals surface area (Å²) in [6.45, 7) is 2.46. The average Bonchev–Trinajstić information content (AvgIpc) is 2.39. The molecule has 1 rings (SSSR count). The lowest BCUT2D eigenvalue weighted by molar-refractivity contribution is 0.0644. The van der Waals surface area contributed by atoms with Crippen molar-refractivity contribution in [1.29, 1.82) is 0 Å². The van der Waals surface area contributed by atoms with Crippen molar-refractivity contribution in [1.82, 2.24) is 0 Å². The maximum Gasteiger partial charge on any atom is 0.137 e. The van der Waals surface area contributed by atoms with Gasteiger partial charge in [-0.05, 0) is 17.7 Å². The molecule has 0 radical (unpaired) electrons. The van der Waals surface area contributed by atoms with Gasteiger partial charge >= 0.3 is 0 Å². The molecule has 0 aliphatic heterocycles. The van der Waals surface area contributed by atoms with Crippen molar-refractivity contribution in [3.8, 4) is 5.75 Å². The molecule has 3 nitrogen and oxygen atoms in total. The van der Waals surface area contributed by atoms with Gasteiger partial charge in [-0.3, -0.25) is 0 Å². The molecular weight excluding hydrogens is 275 g/mol. The van der Waals surface area contributed by atoms with E-state index in [4.69, 9.17) is 37.4 Å². The number of hydrogen-bond acceptors (Lipinski definition) is 3. The number of benzene rings is 1. The maximum absolute atomic E-state index is 6.06. The van der Waals surface area contributed by atoms with Crippen molar-refractivity contribution in [2.24, 2.45) is 0 Å². The van der Waals surface area contributed by atoms with Crippen LogP contribution in [0.5, 0.6) is 5.75 Å². The molecule has 0 saturated heterocycles. The summed E-state index contributed by atoms with van der Waals surface area (Å²) in [6, 6.07) is 5.56. The lowest BCUT2D eigenvalue weighted by atomic mass is 10.2. The molecule has 0 saturated carbocycles. The zero-order chi connectivity index (χ0) is 13.2. The molecule has 0 aliphatic carbocycles. The first-order valence-electron chi connectivity index (χ1n) is 5.81. The summed E-state index contributed by atoms with van der Waals surface area (Å²) in [5, 5.41) is 0.591. The maximum atomic E-state index is 6.06. The Bertz CT molecular complexity index is 345. The zero-order valence-electron chi connectivity index (χ0n) is 10.5. The third kappa shape index (κ3) is 5.91. The fraction of sp³-hybridized carbons (Fsp3) is 0.538. The minimum Gasteiger partial charge on any atom is -0.492 e. The third-order valence-corrected chi connectivity index (χ3v) is 2.88. The minimum atomic E-state index is 0.452. The number of rotatable bonds is 9. The molecule has 0 amide bonds. The van der Waals surface area contributed by atoms with Crippen LogP contribution in [0.4, 0.5) is 0 Å². The van der Waals surface area contributed by atoms with Gasteiger partial charge in [0.15, 0.2) is 0 Å². The highest BCUT2D eigenvalue weighted by Gasteiger charge is 2.02. The van der Waals surface area contributed by atoms with Crippen molar-refractivity contribution in [3.63, 3.8) is 0 Å². The summed E-state index contributed by atoms with van der Waals surface area (Å²) in [5.74, 6) is 1.13. The van der Waals surface area contributed by atoms with Crippen molar-refractivity contribution in [2.75, 3.05) is 33.5 Å². The van der Waals surface area contributed by atoms with Crippen LogP contribution in [0.3, 0.4) is 0 Å². The first-order valence-corrected chi connectivity index (χ1v) is 6.73. The van der Waals surface area contributed by atoms with Gasteiger partial charge in [-0.2, -0.15) is 0 Å². The van der Waals surface area contributed by atoms with E-state index >= 15 is 0 Å². The Hall–Kier alpha value is -0.480. The van der Waals surface area contributed by atoms with Gasteiger partial charge in [0.2, 0.25) is 0 Å². The summed E-state index contributed by atoms with van der Waals surface area (Å²) in [6.07, 6.45) is 0.817. The van der Waals surface area contributed by atoms with Gasteiger partial charge < -0.3 is 14.2 Å². The Kier molecular flexibility index (Phi) is 8.18. The van der Waals surface area contributed by atoms with Crippen LogP contribution in [-0.4, -0.2) is 33.5 Å². The lowest BCUT2D eigenvalue weighted by Gasteiger charge is -2.09. The number of halogens is 2. The molecule has 102 valence electrons. The van der Waals surface area contributed by atoms with E-state index in [2.05, 4.69) is 0 Å². The SMILES string of the molecule is COCCOCCCOc1ccc(CCl)cc1Cl. The van der Waals surface area contributed by atoms with Gasteiger partial charge in [0.25, 0.3) is 0 Å². The summed E-state index contributed by atoms with van der Waals surface area (Å²) in [5.41, 5.74) is 0.983. The third-order valence-electron chi connectivity index (χ3n) is 2.27. The number of ether oxygens (including phenoxy) is 3. The van der Waals surface area contributed by atoms with E-state index in [-0.39, 0.29) is 0 Å². The van der Waals surface area contributed by atoms with Crippen LogP contribution in [0.1, 0.15) is 12.0 Å². The molecule has 5 heteroatoms. The minimum absolute atomic E-state index is 0.452. The number of hydrogen-bond donors (Lipinski definition) is 0. The first-order chi connectivity index (χ1) is 8.77. The Morgan fingerprint density at radius 3 is 2.61 bits per heavy atom. The molecular formula is C13H18Cl2O3. The fourth-order valence-electron chi connectivity index (χ4n) is 1.33. The van der Waals surface area contributed by atoms with Gasteiger partial charge in [0.05, 0.1) is 24.8 Å². The Morgan fingerprint density at radius 2 is 1.94 bits per heavy atom. The topological polar surface area (TPSA) is 27.7 Å². The predicted molar refractivity (Wildman–Crippen MR) is 73.8 cm³/mol. The van der Waals surface area contributed by atoms with E-state index in [1.165, 1.54) is 0 Å². The Balaban J connectivity index is 2.19. The van der Waals surface area contributed by atoms with Crippen LogP contribution in [0.2, 0.25) is 5.02 Å². The smallest absolute Gasteiger partial charge is 0.137 e. The van der Waals surface area contributed by atoms with Gasteiger partial charge in [0, 0.05) is 26.0 Å². The monoisotopic (exact) mass is 292 g/mol. The highest BCUT2D eigenvalue weighted by molar-refractivity contribution is 6.32. The van der Waals surface area contributed by atoms with E-state index in [1.807, 2.05) is 18.2 Å². The Labute approximate surface area is 118 Å². The molecule has 0 fully saturated rings. The predicted octanol–water partition coefficient (Wildman–Crippen LogP) is 3.51. The van der Waals surface area contributed by atoms with E-state index in [9.17, 15) is 0 Å². The fourth-order valence-corrected chi connectivity index (χ4v) is 1.76. The van der Waals surface area contributed by atoms with Crippen LogP contribution in [0.25, 0.3) is 0 Å². The number of alkyl halides is 1. The van der Waals surface area contributed by atoms with Gasteiger partial charge in [-0.15, -0.1) is 11.6 Å². The van der Waals surface area contributed by atoms with Crippen LogP contribution in [0.15, 0.2) is 18.2 Å². The molecule has 0 aliphatic rings. The summed E-state index contributed by atoms with van der Waals surface area (Å²) < 4.78 is 15.8. The zero-order valence-corrected chi connectivity index (χ0v) is 12.0. The Morgan fingerprint density at radius 1 is 1.11 bits per heavy atom. The number of methoxy groups -OCH3 is 1. The second-order valence-electron chi connectivity index (χ2n) is 3.71. The van der Waals surface area contributed by atoms with E-state index < -0.39 is 0 Å². The highest BCUT2D eigenvalue weighted by Crippen LogP contribution is 2.26. The lowest BCUT2D eigenvalue weighted by Crippen LogP contribution is -2.07. The molecule has 0 atom stereocenters. The van der Waals surface area contributed by atoms with Crippen LogP contribution >= 0.6 is 23.2 Å². The average molecular weight is 293 g/mol. The quantitative estimate of drug-likeness (QED) is 0.515. The van der Waals surface area contributed by atoms with Gasteiger partial charge in [-0.1, -0.05) is 17.7 Å². The van der Waals surface area contributed by atoms with Crippen LogP contribution in [0, 0.1) is 0 Å². The molecule has 0 bridgehead atoms. The van der Waals surface area contributed by atoms with E-state index in [0.717, 1.165) is 12.0 Å². The van der Waals surface area contributed by atoms with Crippen molar-refractivity contribution < 1.29 is 14.2 Å². The van der Waals surface area contributed by atoms with Gasteiger partial charge in [0.1, 0.15) is 5.75 Å².